The third-order valence-electron chi connectivity index (χ3n) is 4.43. The van der Waals surface area contributed by atoms with Crippen LogP contribution in [-0.2, 0) is 4.79 Å². The molecule has 0 unspecified atom stereocenters. The van der Waals surface area contributed by atoms with Crippen molar-refractivity contribution in [1.29, 1.82) is 0 Å². The number of ether oxygens (including phenoxy) is 1. The largest absolute Gasteiger partial charge is 0.484 e. The average molecular weight is 407 g/mol. The molecule has 0 spiro atoms. The molecule has 7 heteroatoms. The number of nitrogens with zero attached hydrogens (tertiary/aromatic N) is 3. The van der Waals surface area contributed by atoms with Gasteiger partial charge in [-0.2, -0.15) is 4.80 Å². The minimum absolute atomic E-state index is 0.102. The lowest BCUT2D eigenvalue weighted by atomic mass is 10.2. The maximum atomic E-state index is 12.2. The van der Waals surface area contributed by atoms with Crippen LogP contribution in [0.1, 0.15) is 11.1 Å². The van der Waals surface area contributed by atoms with Crippen LogP contribution in [-0.4, -0.2) is 27.5 Å². The van der Waals surface area contributed by atoms with Crippen molar-refractivity contribution >= 4 is 34.2 Å². The van der Waals surface area contributed by atoms with Crippen molar-refractivity contribution in [3.63, 3.8) is 0 Å². The van der Waals surface area contributed by atoms with Gasteiger partial charge in [0.2, 0.25) is 0 Å². The lowest BCUT2D eigenvalue weighted by molar-refractivity contribution is -0.118. The summed E-state index contributed by atoms with van der Waals surface area (Å²) in [5.41, 5.74) is 5.02. The van der Waals surface area contributed by atoms with Crippen LogP contribution in [0.5, 0.6) is 5.75 Å². The molecular weight excluding hydrogens is 388 g/mol. The molecule has 0 radical (unpaired) electrons. The Hall–Kier alpha value is -3.38. The first-order valence-corrected chi connectivity index (χ1v) is 9.49. The first-order chi connectivity index (χ1) is 14.0. The minimum atomic E-state index is -0.261. The summed E-state index contributed by atoms with van der Waals surface area (Å²) in [5.74, 6) is 0.335. The molecule has 0 atom stereocenters. The number of aromatic nitrogens is 3. The highest BCUT2D eigenvalue weighted by molar-refractivity contribution is 6.31. The number of carbonyl (C=O) groups is 1. The van der Waals surface area contributed by atoms with Gasteiger partial charge in [0.1, 0.15) is 16.8 Å². The van der Waals surface area contributed by atoms with E-state index in [9.17, 15) is 4.79 Å². The Morgan fingerprint density at radius 2 is 1.76 bits per heavy atom. The fraction of sp³-hybridized carbons (Fsp3) is 0.136. The molecule has 1 aromatic heterocycles. The summed E-state index contributed by atoms with van der Waals surface area (Å²) >= 11 is 6.00. The van der Waals surface area contributed by atoms with Crippen LogP contribution in [0.2, 0.25) is 5.02 Å². The van der Waals surface area contributed by atoms with Crippen molar-refractivity contribution in [2.24, 2.45) is 0 Å². The van der Waals surface area contributed by atoms with Gasteiger partial charge < -0.3 is 10.1 Å². The van der Waals surface area contributed by atoms with Crippen molar-refractivity contribution in [2.45, 2.75) is 13.8 Å². The van der Waals surface area contributed by atoms with Gasteiger partial charge in [0.05, 0.1) is 5.69 Å². The highest BCUT2D eigenvalue weighted by Gasteiger charge is 2.09. The van der Waals surface area contributed by atoms with Gasteiger partial charge in [-0.25, -0.2) is 0 Å². The normalized spacial score (nSPS) is 10.9. The van der Waals surface area contributed by atoms with Crippen LogP contribution in [0.15, 0.2) is 60.7 Å². The maximum Gasteiger partial charge on any atom is 0.262 e. The van der Waals surface area contributed by atoms with Gasteiger partial charge >= 0.3 is 0 Å². The first kappa shape index (κ1) is 19.0. The number of fused-ring (bicyclic) bond motifs is 1. The summed E-state index contributed by atoms with van der Waals surface area (Å²) in [7, 11) is 0. The number of rotatable bonds is 5. The third kappa shape index (κ3) is 4.38. The second-order valence-corrected chi connectivity index (χ2v) is 7.18. The Morgan fingerprint density at radius 1 is 1.00 bits per heavy atom. The van der Waals surface area contributed by atoms with Gasteiger partial charge in [-0.3, -0.25) is 4.79 Å². The average Bonchev–Trinajstić information content (AvgIpc) is 3.13. The van der Waals surface area contributed by atoms with E-state index >= 15 is 0 Å². The van der Waals surface area contributed by atoms with Crippen LogP contribution in [0.25, 0.3) is 16.7 Å². The number of nitrogens with one attached hydrogen (secondary N) is 1. The molecule has 3 aromatic carbocycles. The van der Waals surface area contributed by atoms with E-state index in [-0.39, 0.29) is 12.5 Å². The summed E-state index contributed by atoms with van der Waals surface area (Å²) in [4.78, 5) is 13.8. The lowest BCUT2D eigenvalue weighted by Gasteiger charge is -2.08. The van der Waals surface area contributed by atoms with Crippen LogP contribution >= 0.6 is 11.6 Å². The molecule has 1 amide bonds. The highest BCUT2D eigenvalue weighted by Crippen LogP contribution is 2.21. The van der Waals surface area contributed by atoms with E-state index < -0.39 is 0 Å². The first-order valence-electron chi connectivity index (χ1n) is 9.11. The smallest absolute Gasteiger partial charge is 0.262 e. The molecule has 4 aromatic rings. The minimum Gasteiger partial charge on any atom is -0.484 e. The lowest BCUT2D eigenvalue weighted by Crippen LogP contribution is -2.20. The van der Waals surface area contributed by atoms with E-state index in [2.05, 4.69) is 15.5 Å². The molecule has 29 heavy (non-hydrogen) atoms. The molecule has 0 saturated heterocycles. The zero-order valence-electron chi connectivity index (χ0n) is 16.0. The van der Waals surface area contributed by atoms with Crippen molar-refractivity contribution in [3.8, 4) is 11.4 Å². The van der Waals surface area contributed by atoms with Crippen molar-refractivity contribution < 1.29 is 9.53 Å². The second-order valence-electron chi connectivity index (χ2n) is 6.78. The molecule has 0 bridgehead atoms. The van der Waals surface area contributed by atoms with Gasteiger partial charge in [-0.1, -0.05) is 29.3 Å². The molecular formula is C22H19ClN4O2. The van der Waals surface area contributed by atoms with Crippen LogP contribution in [0.4, 0.5) is 5.69 Å². The molecule has 6 nitrogen and oxygen atoms in total. The van der Waals surface area contributed by atoms with E-state index in [1.54, 1.807) is 35.1 Å². The number of aryl methyl sites for hydroxylation is 2. The summed E-state index contributed by atoms with van der Waals surface area (Å²) in [6.07, 6.45) is 0. The Bertz CT molecular complexity index is 1190. The zero-order valence-corrected chi connectivity index (χ0v) is 16.8. The molecule has 0 aliphatic rings. The monoisotopic (exact) mass is 406 g/mol. The summed E-state index contributed by atoms with van der Waals surface area (Å²) < 4.78 is 5.53. The number of hydrogen-bond donors (Lipinski definition) is 1. The Morgan fingerprint density at radius 3 is 2.52 bits per heavy atom. The van der Waals surface area contributed by atoms with Gasteiger partial charge in [0, 0.05) is 10.7 Å². The second kappa shape index (κ2) is 7.93. The molecule has 0 saturated carbocycles. The SMILES string of the molecule is Cc1ccc(-n2nc3ccc(NC(=O)COc4ccc(Cl)c(C)c4)cc3n2)cc1. The standard InChI is InChI=1S/C22H19ClN4O2/c1-14-3-6-17(7-4-14)27-25-20-10-5-16(12-21(20)26-27)24-22(28)13-29-18-8-9-19(23)15(2)11-18/h3-12H,13H2,1-2H3,(H,24,28). The van der Waals surface area contributed by atoms with Crippen LogP contribution in [0.3, 0.4) is 0 Å². The van der Waals surface area contributed by atoms with Crippen molar-refractivity contribution in [3.05, 3.63) is 76.8 Å². The van der Waals surface area contributed by atoms with E-state index in [1.807, 2.05) is 44.2 Å². The predicted octanol–water partition coefficient (Wildman–Crippen LogP) is 4.71. The Balaban J connectivity index is 1.44. The molecule has 0 aliphatic heterocycles. The van der Waals surface area contributed by atoms with E-state index in [4.69, 9.17) is 16.3 Å². The topological polar surface area (TPSA) is 69.0 Å². The molecule has 146 valence electrons. The molecule has 1 N–H and O–H groups in total. The van der Waals surface area contributed by atoms with Gasteiger partial charge in [-0.15, -0.1) is 10.2 Å². The predicted molar refractivity (Wildman–Crippen MR) is 114 cm³/mol. The molecule has 0 aliphatic carbocycles. The Kier molecular flexibility index (Phi) is 5.18. The van der Waals surface area contributed by atoms with Crippen LogP contribution in [0, 0.1) is 13.8 Å². The van der Waals surface area contributed by atoms with Gasteiger partial charge in [0.15, 0.2) is 6.61 Å². The van der Waals surface area contributed by atoms with Crippen molar-refractivity contribution in [1.82, 2.24) is 15.0 Å². The van der Waals surface area contributed by atoms with E-state index in [1.165, 1.54) is 5.56 Å². The number of benzene rings is 3. The molecule has 0 fully saturated rings. The zero-order chi connectivity index (χ0) is 20.4. The van der Waals surface area contributed by atoms with E-state index in [0.717, 1.165) is 16.8 Å². The van der Waals surface area contributed by atoms with Crippen LogP contribution < -0.4 is 10.1 Å². The molecule has 1 heterocycles. The molecule has 4 rings (SSSR count). The summed E-state index contributed by atoms with van der Waals surface area (Å²) in [5, 5.41) is 12.5. The Labute approximate surface area is 173 Å². The van der Waals surface area contributed by atoms with Crippen molar-refractivity contribution in [2.75, 3.05) is 11.9 Å². The summed E-state index contributed by atoms with van der Waals surface area (Å²) in [6, 6.07) is 18.6. The van der Waals surface area contributed by atoms with Gasteiger partial charge in [0.25, 0.3) is 5.91 Å². The fourth-order valence-electron chi connectivity index (χ4n) is 2.84. The quantitative estimate of drug-likeness (QED) is 0.521. The number of halogens is 1. The van der Waals surface area contributed by atoms with E-state index in [0.29, 0.717) is 22.0 Å². The summed E-state index contributed by atoms with van der Waals surface area (Å²) in [6.45, 7) is 3.81. The van der Waals surface area contributed by atoms with Gasteiger partial charge in [-0.05, 0) is 67.9 Å². The number of hydrogen-bond acceptors (Lipinski definition) is 4. The highest BCUT2D eigenvalue weighted by atomic mass is 35.5. The third-order valence-corrected chi connectivity index (χ3v) is 4.85. The fourth-order valence-corrected chi connectivity index (χ4v) is 2.96. The maximum absolute atomic E-state index is 12.2. The number of carbonyl (C=O) groups excluding carboxylic acids is 1. The number of anilines is 1. The number of amides is 1.